The number of benzene rings is 1. The fraction of sp³-hybridized carbons (Fsp3) is 0.375. The predicted molar refractivity (Wildman–Crippen MR) is 124 cm³/mol. The van der Waals surface area contributed by atoms with Gasteiger partial charge in [-0.25, -0.2) is 19.4 Å². The number of aromatic nitrogens is 4. The maximum absolute atomic E-state index is 13.1. The number of alkyl halides is 3. The molecule has 9 nitrogen and oxygen atoms in total. The number of ether oxygens (including phenoxy) is 1. The van der Waals surface area contributed by atoms with Crippen LogP contribution in [0.2, 0.25) is 0 Å². The van der Waals surface area contributed by atoms with E-state index >= 15 is 0 Å². The molecule has 0 aliphatic carbocycles. The Kier molecular flexibility index (Phi) is 6.23. The van der Waals surface area contributed by atoms with Crippen LogP contribution >= 0.6 is 0 Å². The lowest BCUT2D eigenvalue weighted by molar-refractivity contribution is -0.137. The number of carbonyl (C=O) groups excluding carboxylic acids is 2. The highest BCUT2D eigenvalue weighted by molar-refractivity contribution is 5.98. The molecule has 0 radical (unpaired) electrons. The van der Waals surface area contributed by atoms with Gasteiger partial charge in [-0.2, -0.15) is 13.2 Å². The van der Waals surface area contributed by atoms with Gasteiger partial charge in [0.05, 0.1) is 11.8 Å². The number of likely N-dealkylation sites (tertiary alicyclic amines) is 1. The van der Waals surface area contributed by atoms with Crippen molar-refractivity contribution in [2.45, 2.75) is 51.4 Å². The zero-order valence-corrected chi connectivity index (χ0v) is 20.1. The van der Waals surface area contributed by atoms with Gasteiger partial charge in [-0.1, -0.05) is 5.21 Å². The third-order valence-corrected chi connectivity index (χ3v) is 5.70. The number of nitrogens with zero attached hydrogens (tertiary/aromatic N) is 5. The van der Waals surface area contributed by atoms with Crippen LogP contribution < -0.4 is 5.32 Å². The van der Waals surface area contributed by atoms with E-state index in [0.29, 0.717) is 29.2 Å². The zero-order chi connectivity index (χ0) is 26.3. The van der Waals surface area contributed by atoms with Gasteiger partial charge < -0.3 is 10.1 Å². The van der Waals surface area contributed by atoms with Gasteiger partial charge in [-0.05, 0) is 70.5 Å². The third-order valence-electron chi connectivity index (χ3n) is 5.70. The smallest absolute Gasteiger partial charge is 0.417 e. The standard InChI is InChI=1S/C24H25F3N6O3/c1-22(2,3)36-21(35)32-13-11-23(4,20(32)34)33-14-18(30-31-33)17-6-5-12-28-19(17)29-16-9-7-15(8-10-16)24(25,26)27/h5-10,12,14H,11,13H2,1-4H3,(H,28,29). The van der Waals surface area contributed by atoms with Crippen LogP contribution in [0.25, 0.3) is 11.3 Å². The van der Waals surface area contributed by atoms with Crippen molar-refractivity contribution in [3.63, 3.8) is 0 Å². The summed E-state index contributed by atoms with van der Waals surface area (Å²) >= 11 is 0. The second kappa shape index (κ2) is 8.92. The molecule has 12 heteroatoms. The largest absolute Gasteiger partial charge is 0.443 e. The van der Waals surface area contributed by atoms with Gasteiger partial charge in [0.25, 0.3) is 5.91 Å². The number of imide groups is 1. The van der Waals surface area contributed by atoms with Crippen LogP contribution in [0.1, 0.15) is 39.7 Å². The number of nitrogens with one attached hydrogen (secondary N) is 1. The van der Waals surface area contributed by atoms with Gasteiger partial charge in [0.2, 0.25) is 0 Å². The van der Waals surface area contributed by atoms with Crippen molar-refractivity contribution in [1.29, 1.82) is 0 Å². The van der Waals surface area contributed by atoms with E-state index in [4.69, 9.17) is 4.74 Å². The molecule has 0 spiro atoms. The molecular weight excluding hydrogens is 477 g/mol. The highest BCUT2D eigenvalue weighted by atomic mass is 19.4. The number of carbonyl (C=O) groups is 2. The number of anilines is 2. The first-order valence-electron chi connectivity index (χ1n) is 11.2. The number of rotatable bonds is 4. The maximum Gasteiger partial charge on any atom is 0.417 e. The molecule has 0 saturated carbocycles. The Hall–Kier alpha value is -3.96. The lowest BCUT2D eigenvalue weighted by Crippen LogP contribution is -2.44. The normalized spacial score (nSPS) is 18.4. The Labute approximate surface area is 205 Å². The summed E-state index contributed by atoms with van der Waals surface area (Å²) in [5, 5.41) is 11.3. The molecule has 1 saturated heterocycles. The average molecular weight is 502 g/mol. The van der Waals surface area contributed by atoms with Crippen LogP contribution in [0.3, 0.4) is 0 Å². The first-order chi connectivity index (χ1) is 16.8. The molecule has 1 aliphatic heterocycles. The van der Waals surface area contributed by atoms with E-state index in [2.05, 4.69) is 20.6 Å². The Morgan fingerprint density at radius 1 is 1.14 bits per heavy atom. The van der Waals surface area contributed by atoms with E-state index in [-0.39, 0.29) is 6.54 Å². The summed E-state index contributed by atoms with van der Waals surface area (Å²) in [5.41, 5.74) is -1.32. The van der Waals surface area contributed by atoms with Crippen molar-refractivity contribution in [1.82, 2.24) is 24.9 Å². The van der Waals surface area contributed by atoms with Gasteiger partial charge in [0.1, 0.15) is 22.7 Å². The van der Waals surface area contributed by atoms with E-state index in [0.717, 1.165) is 17.0 Å². The summed E-state index contributed by atoms with van der Waals surface area (Å²) in [4.78, 5) is 31.0. The van der Waals surface area contributed by atoms with Crippen molar-refractivity contribution in [3.05, 3.63) is 54.4 Å². The summed E-state index contributed by atoms with van der Waals surface area (Å²) in [6, 6.07) is 7.97. The molecule has 1 aromatic carbocycles. The van der Waals surface area contributed by atoms with Crippen molar-refractivity contribution >= 4 is 23.5 Å². The molecule has 36 heavy (non-hydrogen) atoms. The van der Waals surface area contributed by atoms with E-state index in [1.807, 2.05) is 0 Å². The van der Waals surface area contributed by atoms with Crippen LogP contribution in [-0.4, -0.2) is 49.0 Å². The van der Waals surface area contributed by atoms with Gasteiger partial charge >= 0.3 is 12.3 Å². The SMILES string of the molecule is CC(C)(C)OC(=O)N1CCC(C)(n2cc(-c3cccnc3Nc3ccc(C(F)(F)F)cc3)nn2)C1=O. The number of hydrogen-bond donors (Lipinski definition) is 1. The van der Waals surface area contributed by atoms with Gasteiger partial charge in [0, 0.05) is 24.0 Å². The van der Waals surface area contributed by atoms with Crippen LogP contribution in [0.15, 0.2) is 48.8 Å². The highest BCUT2D eigenvalue weighted by Gasteiger charge is 2.49. The van der Waals surface area contributed by atoms with Crippen LogP contribution in [0.4, 0.5) is 29.5 Å². The Morgan fingerprint density at radius 2 is 1.83 bits per heavy atom. The molecular formula is C24H25F3N6O3. The number of pyridine rings is 1. The maximum atomic E-state index is 13.1. The van der Waals surface area contributed by atoms with Crippen molar-refractivity contribution in [2.24, 2.45) is 0 Å². The minimum absolute atomic E-state index is 0.174. The number of hydrogen-bond acceptors (Lipinski definition) is 7. The fourth-order valence-electron chi connectivity index (χ4n) is 3.75. The third kappa shape index (κ3) is 5.02. The summed E-state index contributed by atoms with van der Waals surface area (Å²) in [7, 11) is 0. The lowest BCUT2D eigenvalue weighted by atomic mass is 10.0. The molecule has 2 aromatic heterocycles. The molecule has 190 valence electrons. The van der Waals surface area contributed by atoms with Gasteiger partial charge in [-0.15, -0.1) is 5.10 Å². The van der Waals surface area contributed by atoms with E-state index in [1.165, 1.54) is 23.0 Å². The number of amides is 2. The summed E-state index contributed by atoms with van der Waals surface area (Å²) in [6.45, 7) is 7.01. The van der Waals surface area contributed by atoms with Crippen molar-refractivity contribution in [3.8, 4) is 11.3 Å². The molecule has 1 unspecified atom stereocenters. The molecule has 3 aromatic rings. The molecule has 3 heterocycles. The highest BCUT2D eigenvalue weighted by Crippen LogP contribution is 2.34. The van der Waals surface area contributed by atoms with E-state index in [9.17, 15) is 22.8 Å². The fourth-order valence-corrected chi connectivity index (χ4v) is 3.75. The van der Waals surface area contributed by atoms with Crippen LogP contribution in [-0.2, 0) is 21.2 Å². The second-order valence-corrected chi connectivity index (χ2v) is 9.61. The van der Waals surface area contributed by atoms with Crippen molar-refractivity contribution in [2.75, 3.05) is 11.9 Å². The zero-order valence-electron chi connectivity index (χ0n) is 20.1. The topological polar surface area (TPSA) is 102 Å². The summed E-state index contributed by atoms with van der Waals surface area (Å²) < 4.78 is 45.3. The van der Waals surface area contributed by atoms with E-state index in [1.54, 1.807) is 46.0 Å². The van der Waals surface area contributed by atoms with Crippen LogP contribution in [0, 0.1) is 0 Å². The molecule has 2 amide bonds. The minimum Gasteiger partial charge on any atom is -0.443 e. The quantitative estimate of drug-likeness (QED) is 0.537. The first-order valence-corrected chi connectivity index (χ1v) is 11.2. The lowest BCUT2D eigenvalue weighted by Gasteiger charge is -2.25. The Morgan fingerprint density at radius 3 is 2.47 bits per heavy atom. The molecule has 1 aliphatic rings. The average Bonchev–Trinajstić information content (AvgIpc) is 3.39. The molecule has 0 bridgehead atoms. The predicted octanol–water partition coefficient (Wildman–Crippen LogP) is 4.99. The summed E-state index contributed by atoms with van der Waals surface area (Å²) in [6.07, 6.45) is -1.73. The van der Waals surface area contributed by atoms with Crippen molar-refractivity contribution < 1.29 is 27.5 Å². The second-order valence-electron chi connectivity index (χ2n) is 9.61. The van der Waals surface area contributed by atoms with Gasteiger partial charge in [0.15, 0.2) is 0 Å². The van der Waals surface area contributed by atoms with E-state index < -0.39 is 34.9 Å². The monoisotopic (exact) mass is 502 g/mol. The van der Waals surface area contributed by atoms with Gasteiger partial charge in [-0.3, -0.25) is 4.79 Å². The first kappa shape index (κ1) is 25.1. The Balaban J connectivity index is 1.56. The molecule has 1 N–H and O–H groups in total. The summed E-state index contributed by atoms with van der Waals surface area (Å²) in [5.74, 6) is -0.106. The molecule has 1 fully saturated rings. The Bertz CT molecular complexity index is 1280. The number of halogens is 3. The molecule has 1 atom stereocenters. The minimum atomic E-state index is -4.43. The molecule has 4 rings (SSSR count). The van der Waals surface area contributed by atoms with Crippen LogP contribution in [0.5, 0.6) is 0 Å².